The zero-order chi connectivity index (χ0) is 19.6. The van der Waals surface area contributed by atoms with Gasteiger partial charge in [-0.25, -0.2) is 9.78 Å². The van der Waals surface area contributed by atoms with Gasteiger partial charge in [-0.15, -0.1) is 0 Å². The first kappa shape index (κ1) is 18.6. The second-order valence-electron chi connectivity index (χ2n) is 6.35. The van der Waals surface area contributed by atoms with Gasteiger partial charge in [-0.2, -0.15) is 0 Å². The molecule has 8 nitrogen and oxygen atoms in total. The average Bonchev–Trinajstić information content (AvgIpc) is 3.10. The summed E-state index contributed by atoms with van der Waals surface area (Å²) in [7, 11) is 2.99. The molecule has 0 aliphatic rings. The van der Waals surface area contributed by atoms with E-state index in [0.717, 1.165) is 10.1 Å². The predicted molar refractivity (Wildman–Crippen MR) is 101 cm³/mol. The van der Waals surface area contributed by atoms with Crippen LogP contribution >= 0.6 is 0 Å². The molecular formula is C19H22N4O4. The van der Waals surface area contributed by atoms with Crippen molar-refractivity contribution in [3.63, 3.8) is 0 Å². The van der Waals surface area contributed by atoms with Crippen LogP contribution in [-0.2, 0) is 30.2 Å². The Bertz CT molecular complexity index is 1080. The van der Waals surface area contributed by atoms with Gasteiger partial charge in [0.25, 0.3) is 5.56 Å². The van der Waals surface area contributed by atoms with E-state index in [0.29, 0.717) is 17.6 Å². The number of rotatable bonds is 6. The molecule has 0 saturated heterocycles. The van der Waals surface area contributed by atoms with Gasteiger partial charge in [0.15, 0.2) is 11.2 Å². The number of imidazole rings is 1. The molecule has 0 fully saturated rings. The number of esters is 1. The predicted octanol–water partition coefficient (Wildman–Crippen LogP) is 1.17. The van der Waals surface area contributed by atoms with Gasteiger partial charge in [0.1, 0.15) is 6.61 Å². The van der Waals surface area contributed by atoms with Gasteiger partial charge >= 0.3 is 11.7 Å². The van der Waals surface area contributed by atoms with E-state index in [2.05, 4.69) is 4.98 Å². The van der Waals surface area contributed by atoms with E-state index in [-0.39, 0.29) is 25.0 Å². The molecule has 27 heavy (non-hydrogen) atoms. The van der Waals surface area contributed by atoms with E-state index in [4.69, 9.17) is 4.74 Å². The Morgan fingerprint density at radius 3 is 2.52 bits per heavy atom. The van der Waals surface area contributed by atoms with Crippen molar-refractivity contribution in [3.8, 4) is 0 Å². The minimum atomic E-state index is -0.433. The molecule has 0 radical (unpaired) electrons. The van der Waals surface area contributed by atoms with Crippen molar-refractivity contribution in [1.29, 1.82) is 0 Å². The fourth-order valence-corrected chi connectivity index (χ4v) is 3.14. The van der Waals surface area contributed by atoms with Gasteiger partial charge in [-0.3, -0.25) is 18.7 Å². The van der Waals surface area contributed by atoms with E-state index in [1.54, 1.807) is 11.6 Å². The van der Waals surface area contributed by atoms with Crippen LogP contribution in [0, 0.1) is 0 Å². The Balaban J connectivity index is 1.75. The van der Waals surface area contributed by atoms with Crippen LogP contribution < -0.4 is 11.2 Å². The Labute approximate surface area is 155 Å². The van der Waals surface area contributed by atoms with Crippen molar-refractivity contribution in [3.05, 3.63) is 63.1 Å². The first-order chi connectivity index (χ1) is 13.0. The summed E-state index contributed by atoms with van der Waals surface area (Å²) in [4.78, 5) is 40.9. The molecule has 8 heteroatoms. The summed E-state index contributed by atoms with van der Waals surface area (Å²) in [6.07, 6.45) is 2.12. The molecule has 1 atom stereocenters. The molecule has 0 aliphatic heterocycles. The van der Waals surface area contributed by atoms with Crippen molar-refractivity contribution in [1.82, 2.24) is 18.7 Å². The Morgan fingerprint density at radius 1 is 1.15 bits per heavy atom. The average molecular weight is 370 g/mol. The molecule has 142 valence electrons. The molecular weight excluding hydrogens is 348 g/mol. The van der Waals surface area contributed by atoms with Crippen molar-refractivity contribution >= 4 is 17.1 Å². The largest absolute Gasteiger partial charge is 0.463 e. The first-order valence-electron chi connectivity index (χ1n) is 8.78. The fourth-order valence-electron chi connectivity index (χ4n) is 3.14. The molecule has 0 aliphatic carbocycles. The smallest absolute Gasteiger partial charge is 0.332 e. The van der Waals surface area contributed by atoms with Gasteiger partial charge in [-0.1, -0.05) is 37.3 Å². The minimum Gasteiger partial charge on any atom is -0.463 e. The highest BCUT2D eigenvalue weighted by Gasteiger charge is 2.20. The number of ether oxygens (including phenoxy) is 1. The lowest BCUT2D eigenvalue weighted by molar-refractivity contribution is -0.145. The molecule has 0 amide bonds. The fraction of sp³-hybridized carbons (Fsp3) is 0.368. The molecule has 0 saturated carbocycles. The van der Waals surface area contributed by atoms with Crippen molar-refractivity contribution in [2.45, 2.75) is 25.8 Å². The molecule has 2 aromatic heterocycles. The van der Waals surface area contributed by atoms with Crippen LogP contribution in [0.2, 0.25) is 0 Å². The summed E-state index contributed by atoms with van der Waals surface area (Å²) in [5, 5.41) is 0. The number of carbonyl (C=O) groups is 1. The first-order valence-corrected chi connectivity index (χ1v) is 8.78. The third-order valence-corrected chi connectivity index (χ3v) is 4.69. The van der Waals surface area contributed by atoms with E-state index in [1.165, 1.54) is 17.9 Å². The maximum atomic E-state index is 12.4. The van der Waals surface area contributed by atoms with Crippen molar-refractivity contribution < 1.29 is 9.53 Å². The molecule has 1 unspecified atom stereocenters. The minimum absolute atomic E-state index is 0.111. The van der Waals surface area contributed by atoms with Crippen LogP contribution in [0.5, 0.6) is 0 Å². The number of benzene rings is 1. The summed E-state index contributed by atoms with van der Waals surface area (Å²) in [6.45, 7) is 2.33. The topological polar surface area (TPSA) is 88.1 Å². The highest BCUT2D eigenvalue weighted by Crippen LogP contribution is 2.20. The van der Waals surface area contributed by atoms with Gasteiger partial charge in [0, 0.05) is 14.1 Å². The second-order valence-corrected chi connectivity index (χ2v) is 6.35. The third kappa shape index (κ3) is 3.42. The number of aryl methyl sites for hydroxylation is 1. The number of hydrogen-bond donors (Lipinski definition) is 0. The normalized spacial score (nSPS) is 12.3. The van der Waals surface area contributed by atoms with Crippen LogP contribution in [0.1, 0.15) is 24.8 Å². The molecule has 2 heterocycles. The number of nitrogens with zero attached hydrogens (tertiary/aromatic N) is 4. The Kier molecular flexibility index (Phi) is 5.25. The van der Waals surface area contributed by atoms with Gasteiger partial charge in [0.05, 0.1) is 18.8 Å². The lowest BCUT2D eigenvalue weighted by atomic mass is 9.97. The molecule has 0 N–H and O–H groups in total. The van der Waals surface area contributed by atoms with E-state index in [9.17, 15) is 14.4 Å². The number of carbonyl (C=O) groups excluding carboxylic acids is 1. The Morgan fingerprint density at radius 2 is 1.85 bits per heavy atom. The van der Waals surface area contributed by atoms with E-state index < -0.39 is 11.2 Å². The summed E-state index contributed by atoms with van der Waals surface area (Å²) in [5.74, 6) is -0.618. The summed E-state index contributed by atoms with van der Waals surface area (Å²) >= 11 is 0. The van der Waals surface area contributed by atoms with Crippen LogP contribution in [0.25, 0.3) is 11.2 Å². The number of fused-ring (bicyclic) bond motifs is 1. The van der Waals surface area contributed by atoms with Crippen LogP contribution in [0.15, 0.2) is 46.2 Å². The molecule has 1 aromatic carbocycles. The highest BCUT2D eigenvalue weighted by atomic mass is 16.5. The van der Waals surface area contributed by atoms with Crippen molar-refractivity contribution in [2.75, 3.05) is 6.61 Å². The third-order valence-electron chi connectivity index (χ3n) is 4.69. The lowest BCUT2D eigenvalue weighted by Gasteiger charge is -2.15. The SMILES string of the molecule is CCC(C(=O)OCCn1cnc2c1c(=O)n(C)c(=O)n2C)c1ccccc1. The molecule has 0 spiro atoms. The van der Waals surface area contributed by atoms with E-state index in [1.807, 2.05) is 37.3 Å². The molecule has 3 aromatic rings. The lowest BCUT2D eigenvalue weighted by Crippen LogP contribution is -2.37. The van der Waals surface area contributed by atoms with Gasteiger partial charge in [0.2, 0.25) is 0 Å². The van der Waals surface area contributed by atoms with Gasteiger partial charge in [-0.05, 0) is 12.0 Å². The quantitative estimate of drug-likeness (QED) is 0.608. The van der Waals surface area contributed by atoms with Crippen LogP contribution in [0.4, 0.5) is 0 Å². The monoisotopic (exact) mass is 370 g/mol. The standard InChI is InChI=1S/C19H22N4O4/c1-4-14(13-8-6-5-7-9-13)18(25)27-11-10-23-12-20-16-15(23)17(24)22(3)19(26)21(16)2/h5-9,12,14H,4,10-11H2,1-3H3. The number of hydrogen-bond acceptors (Lipinski definition) is 5. The van der Waals surface area contributed by atoms with E-state index >= 15 is 0 Å². The zero-order valence-corrected chi connectivity index (χ0v) is 15.6. The Hall–Kier alpha value is -3.16. The summed E-state index contributed by atoms with van der Waals surface area (Å²) in [5.41, 5.74) is 0.684. The molecule has 0 bridgehead atoms. The van der Waals surface area contributed by atoms with Gasteiger partial charge < -0.3 is 9.30 Å². The van der Waals surface area contributed by atoms with Crippen molar-refractivity contribution in [2.24, 2.45) is 14.1 Å². The molecule has 3 rings (SSSR count). The second kappa shape index (κ2) is 7.61. The summed E-state index contributed by atoms with van der Waals surface area (Å²) in [6, 6.07) is 9.50. The number of aromatic nitrogens is 4. The zero-order valence-electron chi connectivity index (χ0n) is 15.6. The maximum Gasteiger partial charge on any atom is 0.332 e. The van der Waals surface area contributed by atoms with Crippen LogP contribution in [0.3, 0.4) is 0 Å². The summed E-state index contributed by atoms with van der Waals surface area (Å²) < 4.78 is 9.39. The van der Waals surface area contributed by atoms with Crippen LogP contribution in [-0.4, -0.2) is 31.3 Å². The maximum absolute atomic E-state index is 12.4. The highest BCUT2D eigenvalue weighted by molar-refractivity contribution is 5.78.